The number of aromatic nitrogens is 2. The van der Waals surface area contributed by atoms with Crippen LogP contribution in [-0.2, 0) is 11.7 Å². The summed E-state index contributed by atoms with van der Waals surface area (Å²) < 4.78 is 33.0. The summed E-state index contributed by atoms with van der Waals surface area (Å²) in [6.45, 7) is 3.58. The number of benzene rings is 2. The van der Waals surface area contributed by atoms with Gasteiger partial charge in [-0.15, -0.1) is 11.8 Å². The fourth-order valence-corrected chi connectivity index (χ4v) is 4.98. The summed E-state index contributed by atoms with van der Waals surface area (Å²) in [6.07, 6.45) is 0. The molecule has 6 nitrogen and oxygen atoms in total. The number of hydrogen-bond acceptors (Lipinski definition) is 7. The van der Waals surface area contributed by atoms with Crippen LogP contribution in [0.4, 0.5) is 13.9 Å². The van der Waals surface area contributed by atoms with E-state index in [1.165, 1.54) is 35.2 Å². The SMILES string of the molecule is Cc1cc(CSc2ccccc2C(=O)NCCNc2nc3ccc(C(C)(F)F)cc3s2)on1. The van der Waals surface area contributed by atoms with Crippen LogP contribution in [0.15, 0.2) is 57.9 Å². The van der Waals surface area contributed by atoms with Gasteiger partial charge in [0.1, 0.15) is 5.76 Å². The summed E-state index contributed by atoms with van der Waals surface area (Å²) in [5.41, 5.74) is 2.03. The van der Waals surface area contributed by atoms with E-state index < -0.39 is 5.92 Å². The average Bonchev–Trinajstić information content (AvgIpc) is 3.39. The second-order valence-corrected chi connectivity index (χ2v) is 9.54. The van der Waals surface area contributed by atoms with Gasteiger partial charge in [-0.25, -0.2) is 13.8 Å². The number of rotatable bonds is 9. The maximum absolute atomic E-state index is 13.5. The molecule has 0 fully saturated rings. The molecule has 0 atom stereocenters. The summed E-state index contributed by atoms with van der Waals surface area (Å²) in [5, 5.41) is 10.5. The smallest absolute Gasteiger partial charge is 0.270 e. The Labute approximate surface area is 197 Å². The molecule has 0 saturated heterocycles. The van der Waals surface area contributed by atoms with Crippen molar-refractivity contribution in [3.05, 3.63) is 71.1 Å². The van der Waals surface area contributed by atoms with Crippen LogP contribution in [0.5, 0.6) is 0 Å². The number of amides is 1. The van der Waals surface area contributed by atoms with E-state index in [-0.39, 0.29) is 11.5 Å². The van der Waals surface area contributed by atoms with Gasteiger partial charge in [-0.1, -0.05) is 34.7 Å². The fraction of sp³-hybridized carbons (Fsp3) is 0.261. The summed E-state index contributed by atoms with van der Waals surface area (Å²) in [6, 6.07) is 13.7. The Hall–Kier alpha value is -2.98. The summed E-state index contributed by atoms with van der Waals surface area (Å²) in [7, 11) is 0. The zero-order valence-corrected chi connectivity index (χ0v) is 19.7. The number of carbonyl (C=O) groups is 1. The topological polar surface area (TPSA) is 80.0 Å². The molecule has 0 unspecified atom stereocenters. The molecule has 4 aromatic rings. The molecule has 0 spiro atoms. The lowest BCUT2D eigenvalue weighted by Gasteiger charge is -2.09. The number of nitrogens with one attached hydrogen (secondary N) is 2. The van der Waals surface area contributed by atoms with E-state index in [0.29, 0.717) is 39.8 Å². The van der Waals surface area contributed by atoms with Crippen molar-refractivity contribution in [3.63, 3.8) is 0 Å². The lowest BCUT2D eigenvalue weighted by molar-refractivity contribution is 0.0176. The Morgan fingerprint density at radius 3 is 2.76 bits per heavy atom. The first-order chi connectivity index (χ1) is 15.8. The molecular formula is C23H22F2N4O2S2. The molecule has 0 aliphatic carbocycles. The van der Waals surface area contributed by atoms with Crippen LogP contribution in [0.2, 0.25) is 0 Å². The number of thioether (sulfide) groups is 1. The lowest BCUT2D eigenvalue weighted by atomic mass is 10.1. The third-order valence-electron chi connectivity index (χ3n) is 4.76. The maximum atomic E-state index is 13.5. The molecule has 33 heavy (non-hydrogen) atoms. The van der Waals surface area contributed by atoms with Crippen LogP contribution in [0.3, 0.4) is 0 Å². The zero-order chi connectivity index (χ0) is 23.4. The molecule has 2 aromatic carbocycles. The zero-order valence-electron chi connectivity index (χ0n) is 18.0. The second-order valence-electron chi connectivity index (χ2n) is 7.49. The van der Waals surface area contributed by atoms with E-state index in [9.17, 15) is 13.6 Å². The number of halogens is 2. The van der Waals surface area contributed by atoms with Gasteiger partial charge in [0.15, 0.2) is 5.13 Å². The van der Waals surface area contributed by atoms with E-state index in [1.54, 1.807) is 12.1 Å². The Kier molecular flexibility index (Phi) is 6.94. The van der Waals surface area contributed by atoms with Crippen LogP contribution >= 0.6 is 23.1 Å². The molecule has 0 aliphatic rings. The van der Waals surface area contributed by atoms with Gasteiger partial charge in [0, 0.05) is 36.5 Å². The molecule has 172 valence electrons. The predicted molar refractivity (Wildman–Crippen MR) is 127 cm³/mol. The third-order valence-corrected chi connectivity index (χ3v) is 6.83. The second kappa shape index (κ2) is 9.88. The summed E-state index contributed by atoms with van der Waals surface area (Å²) >= 11 is 2.82. The molecule has 2 aromatic heterocycles. The van der Waals surface area contributed by atoms with E-state index in [2.05, 4.69) is 20.8 Å². The molecule has 10 heteroatoms. The van der Waals surface area contributed by atoms with Crippen molar-refractivity contribution in [2.45, 2.75) is 30.4 Å². The maximum Gasteiger partial charge on any atom is 0.270 e. The van der Waals surface area contributed by atoms with E-state index >= 15 is 0 Å². The predicted octanol–water partition coefficient (Wildman–Crippen LogP) is 5.84. The van der Waals surface area contributed by atoms with E-state index in [0.717, 1.165) is 23.3 Å². The standard InChI is InChI=1S/C23H22F2N4O2S2/c1-14-11-16(31-29-14)13-32-19-6-4-3-5-17(19)21(30)26-9-10-27-22-28-18-8-7-15(23(2,24)25)12-20(18)33-22/h3-8,11-12H,9-10,13H2,1-2H3,(H,26,30)(H,27,28). The Morgan fingerprint density at radius 1 is 1.18 bits per heavy atom. The number of aryl methyl sites for hydroxylation is 1. The molecule has 4 rings (SSSR count). The number of nitrogens with zero attached hydrogens (tertiary/aromatic N) is 2. The van der Waals surface area contributed by atoms with Gasteiger partial charge in [-0.05, 0) is 31.2 Å². The van der Waals surface area contributed by atoms with Gasteiger partial charge >= 0.3 is 0 Å². The highest BCUT2D eigenvalue weighted by molar-refractivity contribution is 7.98. The van der Waals surface area contributed by atoms with Gasteiger partial charge in [0.25, 0.3) is 11.8 Å². The number of anilines is 1. The molecule has 2 N–H and O–H groups in total. The largest absolute Gasteiger partial charge is 0.360 e. The van der Waals surface area contributed by atoms with Crippen LogP contribution < -0.4 is 10.6 Å². The highest BCUT2D eigenvalue weighted by Gasteiger charge is 2.24. The summed E-state index contributed by atoms with van der Waals surface area (Å²) in [5.74, 6) is -1.73. The first-order valence-electron chi connectivity index (χ1n) is 10.2. The minimum Gasteiger partial charge on any atom is -0.360 e. The van der Waals surface area contributed by atoms with Crippen molar-refractivity contribution in [3.8, 4) is 0 Å². The molecule has 0 radical (unpaired) electrons. The number of hydrogen-bond donors (Lipinski definition) is 2. The average molecular weight is 489 g/mol. The fourth-order valence-electron chi connectivity index (χ4n) is 3.13. The van der Waals surface area contributed by atoms with Crippen molar-refractivity contribution < 1.29 is 18.1 Å². The van der Waals surface area contributed by atoms with Crippen molar-refractivity contribution in [1.82, 2.24) is 15.5 Å². The number of thiazole rings is 1. The van der Waals surface area contributed by atoms with Crippen LogP contribution in [0.25, 0.3) is 10.2 Å². The highest BCUT2D eigenvalue weighted by Crippen LogP contribution is 2.33. The first kappa shape index (κ1) is 23.2. The van der Waals surface area contributed by atoms with Gasteiger partial charge in [-0.3, -0.25) is 4.79 Å². The van der Waals surface area contributed by atoms with Gasteiger partial charge < -0.3 is 15.2 Å². The van der Waals surface area contributed by atoms with Crippen molar-refractivity contribution >= 4 is 44.4 Å². The molecule has 0 aliphatic heterocycles. The minimum absolute atomic E-state index is 0.0348. The van der Waals surface area contributed by atoms with Gasteiger partial charge in [-0.2, -0.15) is 0 Å². The van der Waals surface area contributed by atoms with Crippen LogP contribution in [-0.4, -0.2) is 29.1 Å². The number of alkyl halides is 2. The molecule has 1 amide bonds. The van der Waals surface area contributed by atoms with E-state index in [4.69, 9.17) is 4.52 Å². The van der Waals surface area contributed by atoms with E-state index in [1.807, 2.05) is 31.2 Å². The lowest BCUT2D eigenvalue weighted by Crippen LogP contribution is -2.29. The molecule has 2 heterocycles. The monoisotopic (exact) mass is 488 g/mol. The number of fused-ring (bicyclic) bond motifs is 1. The molecular weight excluding hydrogens is 466 g/mol. The van der Waals surface area contributed by atoms with Crippen LogP contribution in [0.1, 0.15) is 34.3 Å². The third kappa shape index (κ3) is 5.88. The first-order valence-corrected chi connectivity index (χ1v) is 12.0. The molecule has 0 bridgehead atoms. The normalized spacial score (nSPS) is 11.6. The Balaban J connectivity index is 1.31. The molecule has 0 saturated carbocycles. The summed E-state index contributed by atoms with van der Waals surface area (Å²) in [4.78, 5) is 18.0. The Bertz CT molecular complexity index is 1270. The van der Waals surface area contributed by atoms with Crippen molar-refractivity contribution in [1.29, 1.82) is 0 Å². The van der Waals surface area contributed by atoms with Crippen molar-refractivity contribution in [2.75, 3.05) is 18.4 Å². The van der Waals surface area contributed by atoms with Crippen molar-refractivity contribution in [2.24, 2.45) is 0 Å². The quantitative estimate of drug-likeness (QED) is 0.228. The highest BCUT2D eigenvalue weighted by atomic mass is 32.2. The number of carbonyl (C=O) groups excluding carboxylic acids is 1. The van der Waals surface area contributed by atoms with Gasteiger partial charge in [0.2, 0.25) is 0 Å². The minimum atomic E-state index is -2.89. The Morgan fingerprint density at radius 2 is 2.00 bits per heavy atom. The van der Waals surface area contributed by atoms with Gasteiger partial charge in [0.05, 0.1) is 27.2 Å². The van der Waals surface area contributed by atoms with Crippen LogP contribution in [0, 0.1) is 6.92 Å².